The lowest BCUT2D eigenvalue weighted by molar-refractivity contribution is 0.0498. The molecule has 0 fully saturated rings. The predicted octanol–water partition coefficient (Wildman–Crippen LogP) is 5.33. The molecule has 0 heterocycles. The molecule has 0 radical (unpaired) electrons. The smallest absolute Gasteiger partial charge is 0.338 e. The quantitative estimate of drug-likeness (QED) is 0.512. The number of hydrogen-bond acceptors (Lipinski definition) is 3. The van der Waals surface area contributed by atoms with Crippen LogP contribution in [0, 0.1) is 0 Å². The molecule has 5 heteroatoms. The van der Waals surface area contributed by atoms with Crippen molar-refractivity contribution in [1.82, 2.24) is 0 Å². The van der Waals surface area contributed by atoms with E-state index < -0.39 is 0 Å². The third-order valence-corrected chi connectivity index (χ3v) is 3.93. The Morgan fingerprint density at radius 2 is 1.76 bits per heavy atom. The van der Waals surface area contributed by atoms with Crippen molar-refractivity contribution in [2.75, 3.05) is 11.9 Å². The number of nitrogens with one attached hydrogen (secondary N) is 1. The largest absolute Gasteiger partial charge is 0.462 e. The van der Waals surface area contributed by atoms with Gasteiger partial charge >= 0.3 is 5.97 Å². The van der Waals surface area contributed by atoms with Crippen molar-refractivity contribution < 1.29 is 14.3 Å². The average Bonchev–Trinajstić information content (AvgIpc) is 2.62. The number of hydrogen-bond donors (Lipinski definition) is 1. The van der Waals surface area contributed by atoms with E-state index in [4.69, 9.17) is 16.3 Å². The number of carbonyl (C=O) groups excluding carboxylic acids is 2. The lowest BCUT2D eigenvalue weighted by Crippen LogP contribution is -2.12. The maximum absolute atomic E-state index is 12.2. The Hall–Kier alpha value is -2.33. The van der Waals surface area contributed by atoms with Crippen LogP contribution in [0.2, 0.25) is 5.02 Å². The standard InChI is InChI=1S/C20H22ClNO3/c1-2-3-4-5-13-25-20(24)15-9-11-18(12-10-15)22-19(23)16-7-6-8-17(21)14-16/h6-12,14H,2-5,13H2,1H3,(H,22,23). The minimum atomic E-state index is -0.343. The topological polar surface area (TPSA) is 55.4 Å². The third kappa shape index (κ3) is 6.24. The second-order valence-corrected chi connectivity index (χ2v) is 6.17. The van der Waals surface area contributed by atoms with E-state index in [9.17, 15) is 9.59 Å². The van der Waals surface area contributed by atoms with Gasteiger partial charge in [0.2, 0.25) is 0 Å². The highest BCUT2D eigenvalue weighted by atomic mass is 35.5. The van der Waals surface area contributed by atoms with Gasteiger partial charge in [-0.2, -0.15) is 0 Å². The molecule has 4 nitrogen and oxygen atoms in total. The van der Waals surface area contributed by atoms with Crippen LogP contribution < -0.4 is 5.32 Å². The summed E-state index contributed by atoms with van der Waals surface area (Å²) >= 11 is 5.89. The Balaban J connectivity index is 1.86. The molecule has 132 valence electrons. The average molecular weight is 360 g/mol. The van der Waals surface area contributed by atoms with Crippen LogP contribution in [0.4, 0.5) is 5.69 Å². The summed E-state index contributed by atoms with van der Waals surface area (Å²) in [5, 5.41) is 3.27. The van der Waals surface area contributed by atoms with Crippen molar-refractivity contribution in [3.63, 3.8) is 0 Å². The van der Waals surface area contributed by atoms with Gasteiger partial charge in [-0.25, -0.2) is 4.79 Å². The summed E-state index contributed by atoms with van der Waals surface area (Å²) in [5.41, 5.74) is 1.55. The number of ether oxygens (including phenoxy) is 1. The monoisotopic (exact) mass is 359 g/mol. The third-order valence-electron chi connectivity index (χ3n) is 3.70. The SMILES string of the molecule is CCCCCCOC(=O)c1ccc(NC(=O)c2cccc(Cl)c2)cc1. The van der Waals surface area contributed by atoms with Crippen LogP contribution in [0.5, 0.6) is 0 Å². The first kappa shape index (κ1) is 19.0. The predicted molar refractivity (Wildman–Crippen MR) is 100 cm³/mol. The van der Waals surface area contributed by atoms with Gasteiger partial charge in [-0.05, 0) is 48.9 Å². The molecule has 2 aromatic carbocycles. The molecule has 2 aromatic rings. The summed E-state index contributed by atoms with van der Waals surface area (Å²) in [4.78, 5) is 24.1. The highest BCUT2D eigenvalue weighted by Gasteiger charge is 2.09. The van der Waals surface area contributed by atoms with Crippen molar-refractivity contribution in [2.45, 2.75) is 32.6 Å². The van der Waals surface area contributed by atoms with Gasteiger partial charge < -0.3 is 10.1 Å². The minimum absolute atomic E-state index is 0.256. The maximum atomic E-state index is 12.2. The van der Waals surface area contributed by atoms with E-state index in [-0.39, 0.29) is 11.9 Å². The number of amides is 1. The molecule has 0 saturated carbocycles. The zero-order chi connectivity index (χ0) is 18.1. The molecular weight excluding hydrogens is 338 g/mol. The molecule has 0 unspecified atom stereocenters. The number of rotatable bonds is 8. The van der Waals surface area contributed by atoms with Crippen molar-refractivity contribution in [2.24, 2.45) is 0 Å². The number of halogens is 1. The van der Waals surface area contributed by atoms with Crippen molar-refractivity contribution in [1.29, 1.82) is 0 Å². The van der Waals surface area contributed by atoms with Crippen molar-refractivity contribution in [3.8, 4) is 0 Å². The van der Waals surface area contributed by atoms with Gasteiger partial charge in [-0.1, -0.05) is 43.9 Å². The fourth-order valence-electron chi connectivity index (χ4n) is 2.30. The second kappa shape index (κ2) is 9.84. The lowest BCUT2D eigenvalue weighted by Gasteiger charge is -2.07. The van der Waals surface area contributed by atoms with Gasteiger partial charge in [0.15, 0.2) is 0 Å². The van der Waals surface area contributed by atoms with Gasteiger partial charge in [-0.15, -0.1) is 0 Å². The summed E-state index contributed by atoms with van der Waals surface area (Å²) in [6, 6.07) is 13.3. The van der Waals surface area contributed by atoms with Crippen molar-refractivity contribution >= 4 is 29.2 Å². The molecule has 0 bridgehead atoms. The Bertz CT molecular complexity index is 713. The van der Waals surface area contributed by atoms with Crippen LogP contribution in [-0.4, -0.2) is 18.5 Å². The van der Waals surface area contributed by atoms with E-state index in [1.54, 1.807) is 48.5 Å². The van der Waals surface area contributed by atoms with Crippen LogP contribution in [0.15, 0.2) is 48.5 Å². The number of anilines is 1. The van der Waals surface area contributed by atoms with Gasteiger partial charge in [0.25, 0.3) is 5.91 Å². The molecule has 0 aromatic heterocycles. The fraction of sp³-hybridized carbons (Fsp3) is 0.300. The molecule has 1 N–H and O–H groups in total. The molecule has 2 rings (SSSR count). The summed E-state index contributed by atoms with van der Waals surface area (Å²) in [6.45, 7) is 2.57. The van der Waals surface area contributed by atoms with Gasteiger partial charge in [-0.3, -0.25) is 4.79 Å². The highest BCUT2D eigenvalue weighted by molar-refractivity contribution is 6.31. The van der Waals surface area contributed by atoms with Gasteiger partial charge in [0.05, 0.1) is 12.2 Å². The molecular formula is C20H22ClNO3. The van der Waals surface area contributed by atoms with E-state index in [0.29, 0.717) is 28.4 Å². The molecule has 0 atom stereocenters. The van der Waals surface area contributed by atoms with Gasteiger partial charge in [0, 0.05) is 16.3 Å². The first-order valence-electron chi connectivity index (χ1n) is 8.44. The summed E-state index contributed by atoms with van der Waals surface area (Å²) < 4.78 is 5.24. The number of carbonyl (C=O) groups is 2. The lowest BCUT2D eigenvalue weighted by atomic mass is 10.2. The number of unbranched alkanes of at least 4 members (excludes halogenated alkanes) is 3. The van der Waals surface area contributed by atoms with Gasteiger partial charge in [0.1, 0.15) is 0 Å². The van der Waals surface area contributed by atoms with E-state index in [1.165, 1.54) is 0 Å². The van der Waals surface area contributed by atoms with Crippen molar-refractivity contribution in [3.05, 3.63) is 64.7 Å². The van der Waals surface area contributed by atoms with E-state index >= 15 is 0 Å². The summed E-state index contributed by atoms with van der Waals surface area (Å²) in [5.74, 6) is -0.599. The molecule has 0 aliphatic carbocycles. The first-order valence-corrected chi connectivity index (χ1v) is 8.82. The van der Waals surface area contributed by atoms with Crippen LogP contribution >= 0.6 is 11.6 Å². The summed E-state index contributed by atoms with van der Waals surface area (Å²) in [7, 11) is 0. The van der Waals surface area contributed by atoms with Crippen LogP contribution in [0.3, 0.4) is 0 Å². The maximum Gasteiger partial charge on any atom is 0.338 e. The van der Waals surface area contributed by atoms with Crippen LogP contribution in [0.25, 0.3) is 0 Å². The first-order chi connectivity index (χ1) is 12.1. The second-order valence-electron chi connectivity index (χ2n) is 5.74. The van der Waals surface area contributed by atoms with Crippen LogP contribution in [0.1, 0.15) is 53.3 Å². The minimum Gasteiger partial charge on any atom is -0.462 e. The molecule has 25 heavy (non-hydrogen) atoms. The Morgan fingerprint density at radius 1 is 1.00 bits per heavy atom. The van der Waals surface area contributed by atoms with E-state index in [1.807, 2.05) is 0 Å². The highest BCUT2D eigenvalue weighted by Crippen LogP contribution is 2.15. The molecule has 0 spiro atoms. The summed E-state index contributed by atoms with van der Waals surface area (Å²) in [6.07, 6.45) is 4.25. The molecule has 0 aliphatic rings. The normalized spacial score (nSPS) is 10.3. The Labute approximate surface area is 153 Å². The molecule has 1 amide bonds. The Morgan fingerprint density at radius 3 is 2.44 bits per heavy atom. The number of esters is 1. The molecule has 0 saturated heterocycles. The van der Waals surface area contributed by atoms with E-state index in [2.05, 4.69) is 12.2 Å². The zero-order valence-electron chi connectivity index (χ0n) is 14.3. The van der Waals surface area contributed by atoms with E-state index in [0.717, 1.165) is 25.7 Å². The number of benzene rings is 2. The molecule has 0 aliphatic heterocycles. The zero-order valence-corrected chi connectivity index (χ0v) is 15.0. The fourth-order valence-corrected chi connectivity index (χ4v) is 2.49. The van der Waals surface area contributed by atoms with Crippen LogP contribution in [-0.2, 0) is 4.74 Å². The Kier molecular flexibility index (Phi) is 7.48.